The fourth-order valence-corrected chi connectivity index (χ4v) is 2.59. The highest BCUT2D eigenvalue weighted by Crippen LogP contribution is 2.23. The maximum absolute atomic E-state index is 12.1. The Balaban J connectivity index is 1.93. The van der Waals surface area contributed by atoms with Gasteiger partial charge in [0, 0.05) is 16.5 Å². The van der Waals surface area contributed by atoms with Crippen molar-refractivity contribution in [3.8, 4) is 0 Å². The van der Waals surface area contributed by atoms with Gasteiger partial charge >= 0.3 is 0 Å². The lowest BCUT2D eigenvalue weighted by Gasteiger charge is -2.09. The van der Waals surface area contributed by atoms with Crippen molar-refractivity contribution in [3.05, 3.63) is 40.7 Å². The zero-order valence-corrected chi connectivity index (χ0v) is 14.2. The smallest absolute Gasteiger partial charge is 0.277 e. The van der Waals surface area contributed by atoms with E-state index in [2.05, 4.69) is 29.8 Å². The molecular weight excluding hydrogens is 322 g/mol. The zero-order valence-electron chi connectivity index (χ0n) is 12.6. The van der Waals surface area contributed by atoms with Crippen molar-refractivity contribution in [1.82, 2.24) is 10.2 Å². The van der Waals surface area contributed by atoms with E-state index in [0.717, 1.165) is 6.42 Å². The molecule has 22 heavy (non-hydrogen) atoms. The molecule has 2 rings (SSSR count). The van der Waals surface area contributed by atoms with Crippen molar-refractivity contribution in [2.75, 3.05) is 5.75 Å². The first-order chi connectivity index (χ1) is 10.5. The van der Waals surface area contributed by atoms with Gasteiger partial charge in [-0.3, -0.25) is 4.79 Å². The average Bonchev–Trinajstić information content (AvgIpc) is 3.00. The Morgan fingerprint density at radius 1 is 1.36 bits per heavy atom. The molecule has 1 aromatic carbocycles. The lowest BCUT2D eigenvalue weighted by atomic mass is 10.0. The number of hydrogen-bond acceptors (Lipinski definition) is 5. The van der Waals surface area contributed by atoms with Crippen molar-refractivity contribution in [2.45, 2.75) is 31.5 Å². The summed E-state index contributed by atoms with van der Waals surface area (Å²) in [6.07, 6.45) is 0.994. The van der Waals surface area contributed by atoms with Crippen LogP contribution in [0.15, 0.2) is 33.9 Å². The van der Waals surface area contributed by atoms with Crippen LogP contribution < -0.4 is 5.73 Å². The second-order valence-electron chi connectivity index (χ2n) is 5.12. The third-order valence-corrected chi connectivity index (χ3v) is 4.63. The monoisotopic (exact) mass is 340 g/mol. The number of carbonyl (C=O) groups is 1. The minimum absolute atomic E-state index is 0.00508. The molecule has 7 heteroatoms. The summed E-state index contributed by atoms with van der Waals surface area (Å²) in [6.45, 7) is 4.19. The molecule has 0 unspecified atom stereocenters. The number of carbonyl (C=O) groups excluding carboxylic acids is 1. The first kappa shape index (κ1) is 17.0. The van der Waals surface area contributed by atoms with Crippen LogP contribution in [0, 0.1) is 5.92 Å². The highest BCUT2D eigenvalue weighted by atomic mass is 35.5. The predicted octanol–water partition coefficient (Wildman–Crippen LogP) is 3.03. The van der Waals surface area contributed by atoms with Crippen LogP contribution in [0.1, 0.15) is 42.6 Å². The largest absolute Gasteiger partial charge is 0.410 e. The molecule has 0 aliphatic carbocycles. The van der Waals surface area contributed by atoms with Gasteiger partial charge < -0.3 is 10.2 Å². The quantitative estimate of drug-likeness (QED) is 0.618. The molecule has 0 aliphatic heterocycles. The number of nitrogens with zero attached hydrogens (tertiary/aromatic N) is 2. The van der Waals surface area contributed by atoms with Crippen molar-refractivity contribution < 1.29 is 14.9 Å². The molecule has 0 spiro atoms. The normalized spacial score (nSPS) is 13.8. The van der Waals surface area contributed by atoms with Gasteiger partial charge in [-0.25, -0.2) is 0 Å². The van der Waals surface area contributed by atoms with Crippen LogP contribution in [0.5, 0.6) is 0 Å². The zero-order chi connectivity index (χ0) is 16.1. The molecule has 0 aliphatic rings. The fourth-order valence-electron chi connectivity index (χ4n) is 1.80. The number of benzene rings is 1. The molecule has 0 bridgehead atoms. The van der Waals surface area contributed by atoms with Gasteiger partial charge in [0.25, 0.3) is 11.1 Å². The molecule has 118 valence electrons. The number of quaternary nitrogens is 1. The molecular formula is C15H19ClN3O2S+. The van der Waals surface area contributed by atoms with Crippen molar-refractivity contribution >= 4 is 29.1 Å². The van der Waals surface area contributed by atoms with E-state index < -0.39 is 0 Å². The lowest BCUT2D eigenvalue weighted by molar-refractivity contribution is -0.444. The molecule has 0 saturated heterocycles. The van der Waals surface area contributed by atoms with E-state index in [0.29, 0.717) is 27.6 Å². The number of aromatic nitrogens is 2. The van der Waals surface area contributed by atoms with Gasteiger partial charge in [0.1, 0.15) is 0 Å². The van der Waals surface area contributed by atoms with Gasteiger partial charge in [-0.05, 0) is 30.7 Å². The number of Topliss-reactive ketones (excluding diaryl/α,β-unsaturated/α-hetero) is 1. The standard InChI is InChI=1S/C15H18ClN3O2S/c1-3-9(2)13(17)14-18-19-15(21-14)22-8-12(20)10-4-6-11(16)7-5-10/h4-7,9,13H,3,8,17H2,1-2H3/p+1/t9-,13-/m0/s1. The van der Waals surface area contributed by atoms with Crippen molar-refractivity contribution in [2.24, 2.45) is 5.92 Å². The number of ketones is 1. The minimum Gasteiger partial charge on any atom is -0.410 e. The first-order valence-corrected chi connectivity index (χ1v) is 8.45. The molecule has 0 fully saturated rings. The van der Waals surface area contributed by atoms with Crippen LogP contribution in [-0.2, 0) is 0 Å². The van der Waals surface area contributed by atoms with Gasteiger partial charge in [-0.1, -0.05) is 37.2 Å². The Hall–Kier alpha value is -1.37. The Bertz CT molecular complexity index is 630. The predicted molar refractivity (Wildman–Crippen MR) is 85.9 cm³/mol. The molecule has 2 aromatic rings. The number of thioether (sulfide) groups is 1. The Labute approximate surface area is 138 Å². The third-order valence-electron chi connectivity index (χ3n) is 3.56. The van der Waals surface area contributed by atoms with Crippen LogP contribution >= 0.6 is 23.4 Å². The maximum Gasteiger partial charge on any atom is 0.277 e. The summed E-state index contributed by atoms with van der Waals surface area (Å²) in [4.78, 5) is 12.1. The average molecular weight is 341 g/mol. The number of halogens is 1. The Kier molecular flexibility index (Phi) is 5.99. The van der Waals surface area contributed by atoms with E-state index in [1.54, 1.807) is 24.3 Å². The summed E-state index contributed by atoms with van der Waals surface area (Å²) in [5.41, 5.74) is 4.68. The van der Waals surface area contributed by atoms with E-state index >= 15 is 0 Å². The highest BCUT2D eigenvalue weighted by Gasteiger charge is 2.23. The summed E-state index contributed by atoms with van der Waals surface area (Å²) in [5, 5.41) is 8.99. The van der Waals surface area contributed by atoms with E-state index in [-0.39, 0.29) is 17.6 Å². The van der Waals surface area contributed by atoms with E-state index in [9.17, 15) is 4.79 Å². The second-order valence-corrected chi connectivity index (χ2v) is 6.48. The molecule has 3 N–H and O–H groups in total. The molecule has 5 nitrogen and oxygen atoms in total. The molecule has 1 aromatic heterocycles. The van der Waals surface area contributed by atoms with Gasteiger partial charge in [0.05, 0.1) is 5.75 Å². The Morgan fingerprint density at radius 3 is 2.68 bits per heavy atom. The highest BCUT2D eigenvalue weighted by molar-refractivity contribution is 7.99. The van der Waals surface area contributed by atoms with Crippen LogP contribution in [0.25, 0.3) is 0 Å². The van der Waals surface area contributed by atoms with Gasteiger partial charge in [-0.15, -0.1) is 10.2 Å². The van der Waals surface area contributed by atoms with Crippen LogP contribution in [-0.4, -0.2) is 21.7 Å². The second kappa shape index (κ2) is 7.76. The summed E-state index contributed by atoms with van der Waals surface area (Å²) >= 11 is 7.04. The third kappa shape index (κ3) is 4.32. The maximum atomic E-state index is 12.1. The van der Waals surface area contributed by atoms with Crippen molar-refractivity contribution in [1.29, 1.82) is 0 Å². The van der Waals surface area contributed by atoms with Crippen LogP contribution in [0.2, 0.25) is 5.02 Å². The van der Waals surface area contributed by atoms with E-state index in [1.165, 1.54) is 11.8 Å². The molecule has 2 atom stereocenters. The number of hydrogen-bond donors (Lipinski definition) is 1. The Morgan fingerprint density at radius 2 is 2.05 bits per heavy atom. The van der Waals surface area contributed by atoms with E-state index in [1.807, 2.05) is 0 Å². The van der Waals surface area contributed by atoms with Gasteiger partial charge in [0.15, 0.2) is 11.8 Å². The first-order valence-electron chi connectivity index (χ1n) is 7.09. The van der Waals surface area contributed by atoms with Gasteiger partial charge in [0.2, 0.25) is 0 Å². The lowest BCUT2D eigenvalue weighted by Crippen LogP contribution is -2.56. The van der Waals surface area contributed by atoms with Crippen molar-refractivity contribution in [3.63, 3.8) is 0 Å². The minimum atomic E-state index is -0.0289. The number of rotatable bonds is 7. The molecule has 0 saturated carbocycles. The summed E-state index contributed by atoms with van der Waals surface area (Å²) in [7, 11) is 0. The summed E-state index contributed by atoms with van der Waals surface area (Å²) in [6, 6.07) is 6.78. The van der Waals surface area contributed by atoms with Gasteiger partial charge in [-0.2, -0.15) is 0 Å². The molecule has 0 radical (unpaired) electrons. The van der Waals surface area contributed by atoms with Crippen LogP contribution in [0.3, 0.4) is 0 Å². The fraction of sp³-hybridized carbons (Fsp3) is 0.400. The SMILES string of the molecule is CC[C@H](C)[C@H]([NH3+])c1nnc(SCC(=O)c2ccc(Cl)cc2)o1. The summed E-state index contributed by atoms with van der Waals surface area (Å²) < 4.78 is 5.58. The summed E-state index contributed by atoms with van der Waals surface area (Å²) in [5.74, 6) is 1.13. The molecule has 0 amide bonds. The van der Waals surface area contributed by atoms with E-state index in [4.69, 9.17) is 16.0 Å². The molecule has 1 heterocycles. The van der Waals surface area contributed by atoms with Crippen LogP contribution in [0.4, 0.5) is 0 Å². The topological polar surface area (TPSA) is 83.6 Å².